The molecule has 84 valence electrons. The van der Waals surface area contributed by atoms with Crippen molar-refractivity contribution < 1.29 is 14.6 Å². The largest absolute Gasteiger partial charge is 0.505 e. The van der Waals surface area contributed by atoms with E-state index >= 15 is 0 Å². The standard InChI is InChI=1S/C10H21O3P/c11-9-7-5-3-1-2-4-6-8-10-14(12)13/h11H,1-10H2/p+1. The van der Waals surface area contributed by atoms with Crippen LogP contribution in [0.5, 0.6) is 0 Å². The Morgan fingerprint density at radius 1 is 0.786 bits per heavy atom. The van der Waals surface area contributed by atoms with E-state index in [1.807, 2.05) is 0 Å². The van der Waals surface area contributed by atoms with Gasteiger partial charge >= 0.3 is 8.03 Å². The number of aliphatic hydroxyl groups is 1. The van der Waals surface area contributed by atoms with Crippen molar-refractivity contribution in [3.8, 4) is 0 Å². The maximum atomic E-state index is 10.3. The molecule has 0 saturated heterocycles. The number of hydrogen-bond donors (Lipinski definition) is 2. The molecule has 0 aliphatic heterocycles. The number of unbranched alkanes of at least 4 members (excludes halogenated alkanes) is 7. The molecular formula is C10H22O3P+. The second-order valence-corrected chi connectivity index (χ2v) is 4.78. The summed E-state index contributed by atoms with van der Waals surface area (Å²) in [6.07, 6.45) is 9.27. The summed E-state index contributed by atoms with van der Waals surface area (Å²) in [5, 5.41) is 8.54. The van der Waals surface area contributed by atoms with Crippen molar-refractivity contribution in [2.24, 2.45) is 0 Å². The Balaban J connectivity index is 2.88. The van der Waals surface area contributed by atoms with Crippen LogP contribution >= 0.6 is 8.03 Å². The summed E-state index contributed by atoms with van der Waals surface area (Å²) in [5.41, 5.74) is 0. The van der Waals surface area contributed by atoms with Crippen LogP contribution in [-0.2, 0) is 4.57 Å². The lowest BCUT2D eigenvalue weighted by Gasteiger charge is -1.99. The molecule has 0 spiro atoms. The minimum atomic E-state index is -1.91. The third-order valence-corrected chi connectivity index (χ3v) is 2.96. The Morgan fingerprint density at radius 2 is 1.21 bits per heavy atom. The second kappa shape index (κ2) is 11.1. The van der Waals surface area contributed by atoms with Gasteiger partial charge in [-0.25, -0.2) is 0 Å². The normalized spacial score (nSPS) is 11.7. The van der Waals surface area contributed by atoms with Crippen molar-refractivity contribution in [3.05, 3.63) is 0 Å². The molecule has 0 bridgehead atoms. The summed E-state index contributed by atoms with van der Waals surface area (Å²) < 4.78 is 10.3. The Labute approximate surface area is 87.4 Å². The zero-order valence-electron chi connectivity index (χ0n) is 8.82. The van der Waals surface area contributed by atoms with Gasteiger partial charge in [0.15, 0.2) is 6.16 Å². The first-order chi connectivity index (χ1) is 6.77. The fourth-order valence-electron chi connectivity index (χ4n) is 1.42. The summed E-state index contributed by atoms with van der Waals surface area (Å²) in [7, 11) is -1.91. The van der Waals surface area contributed by atoms with Gasteiger partial charge in [0.25, 0.3) is 0 Å². The summed E-state index contributed by atoms with van der Waals surface area (Å²) in [4.78, 5) is 8.54. The van der Waals surface area contributed by atoms with Gasteiger partial charge < -0.3 is 5.11 Å². The Kier molecular flexibility index (Phi) is 11.1. The average molecular weight is 221 g/mol. The van der Waals surface area contributed by atoms with E-state index in [-0.39, 0.29) is 0 Å². The molecule has 0 aliphatic carbocycles. The van der Waals surface area contributed by atoms with Crippen LogP contribution in [0.15, 0.2) is 0 Å². The van der Waals surface area contributed by atoms with Crippen molar-refractivity contribution in [2.75, 3.05) is 12.8 Å². The van der Waals surface area contributed by atoms with E-state index in [0.717, 1.165) is 25.7 Å². The van der Waals surface area contributed by atoms with E-state index in [9.17, 15) is 4.57 Å². The molecule has 0 aromatic rings. The van der Waals surface area contributed by atoms with Crippen LogP contribution in [0.3, 0.4) is 0 Å². The fraction of sp³-hybridized carbons (Fsp3) is 1.00. The van der Waals surface area contributed by atoms with E-state index < -0.39 is 8.03 Å². The molecular weight excluding hydrogens is 199 g/mol. The van der Waals surface area contributed by atoms with E-state index in [2.05, 4.69) is 0 Å². The highest BCUT2D eigenvalue weighted by atomic mass is 31.1. The van der Waals surface area contributed by atoms with Gasteiger partial charge in [-0.2, -0.15) is 4.89 Å². The van der Waals surface area contributed by atoms with Gasteiger partial charge in [0.2, 0.25) is 0 Å². The van der Waals surface area contributed by atoms with E-state index in [4.69, 9.17) is 10.00 Å². The molecule has 0 fully saturated rings. The molecule has 3 nitrogen and oxygen atoms in total. The maximum absolute atomic E-state index is 10.3. The van der Waals surface area contributed by atoms with Gasteiger partial charge in [0, 0.05) is 6.61 Å². The smallest absolute Gasteiger partial charge is 0.396 e. The third kappa shape index (κ3) is 12.0. The first-order valence-electron chi connectivity index (χ1n) is 5.52. The van der Waals surface area contributed by atoms with Crippen molar-refractivity contribution in [3.63, 3.8) is 0 Å². The van der Waals surface area contributed by atoms with Crippen LogP contribution in [0.1, 0.15) is 51.4 Å². The molecule has 0 radical (unpaired) electrons. The van der Waals surface area contributed by atoms with Gasteiger partial charge in [-0.05, 0) is 23.8 Å². The molecule has 1 unspecified atom stereocenters. The van der Waals surface area contributed by atoms with E-state index in [1.54, 1.807) is 0 Å². The zero-order chi connectivity index (χ0) is 10.6. The molecule has 0 saturated carbocycles. The fourth-order valence-corrected chi connectivity index (χ4v) is 1.91. The van der Waals surface area contributed by atoms with Crippen LogP contribution in [0, 0.1) is 0 Å². The Bertz CT molecular complexity index is 139. The highest BCUT2D eigenvalue weighted by molar-refractivity contribution is 7.37. The summed E-state index contributed by atoms with van der Waals surface area (Å²) in [6, 6.07) is 0. The summed E-state index contributed by atoms with van der Waals surface area (Å²) in [5.74, 6) is 0. The molecule has 2 N–H and O–H groups in total. The zero-order valence-corrected chi connectivity index (χ0v) is 9.72. The van der Waals surface area contributed by atoms with Gasteiger partial charge in [-0.1, -0.05) is 32.1 Å². The first-order valence-corrected chi connectivity index (χ1v) is 6.91. The minimum Gasteiger partial charge on any atom is -0.396 e. The Morgan fingerprint density at radius 3 is 1.64 bits per heavy atom. The SMILES string of the molecule is O=[P+](O)CCCCCCCCCCO. The molecule has 0 aromatic heterocycles. The number of hydrogen-bond acceptors (Lipinski definition) is 2. The Hall–Kier alpha value is 0.0200. The second-order valence-electron chi connectivity index (χ2n) is 3.63. The average Bonchev–Trinajstić information content (AvgIpc) is 2.15. The monoisotopic (exact) mass is 221 g/mol. The first kappa shape index (κ1) is 14.0. The molecule has 0 heterocycles. The maximum Gasteiger partial charge on any atom is 0.505 e. The molecule has 14 heavy (non-hydrogen) atoms. The highest BCUT2D eigenvalue weighted by Crippen LogP contribution is 2.16. The van der Waals surface area contributed by atoms with Crippen molar-refractivity contribution in [1.82, 2.24) is 0 Å². The van der Waals surface area contributed by atoms with Gasteiger partial charge in [-0.15, -0.1) is 0 Å². The molecule has 0 aromatic carbocycles. The summed E-state index contributed by atoms with van der Waals surface area (Å²) >= 11 is 0. The highest BCUT2D eigenvalue weighted by Gasteiger charge is 2.07. The molecule has 0 amide bonds. The number of rotatable bonds is 10. The number of aliphatic hydroxyl groups excluding tert-OH is 1. The molecule has 1 atom stereocenters. The van der Waals surface area contributed by atoms with Crippen LogP contribution in [0.2, 0.25) is 0 Å². The van der Waals surface area contributed by atoms with Crippen LogP contribution < -0.4 is 0 Å². The van der Waals surface area contributed by atoms with Gasteiger partial charge in [0.05, 0.1) is 0 Å². The summed E-state index contributed by atoms with van der Waals surface area (Å²) in [6.45, 7) is 0.309. The predicted molar refractivity (Wildman–Crippen MR) is 58.7 cm³/mol. The van der Waals surface area contributed by atoms with E-state index in [0.29, 0.717) is 12.8 Å². The van der Waals surface area contributed by atoms with Crippen LogP contribution in [0.4, 0.5) is 0 Å². The van der Waals surface area contributed by atoms with Crippen molar-refractivity contribution in [1.29, 1.82) is 0 Å². The molecule has 0 aliphatic rings. The lowest BCUT2D eigenvalue weighted by Crippen LogP contribution is -1.85. The van der Waals surface area contributed by atoms with Crippen molar-refractivity contribution >= 4 is 8.03 Å². The predicted octanol–water partition coefficient (Wildman–Crippen LogP) is 2.83. The molecule has 4 heteroatoms. The third-order valence-electron chi connectivity index (χ3n) is 2.26. The topological polar surface area (TPSA) is 57.5 Å². The van der Waals surface area contributed by atoms with Crippen LogP contribution in [0.25, 0.3) is 0 Å². The van der Waals surface area contributed by atoms with E-state index in [1.165, 1.54) is 25.7 Å². The minimum absolute atomic E-state index is 0.309. The van der Waals surface area contributed by atoms with Crippen molar-refractivity contribution in [2.45, 2.75) is 51.4 Å². The molecule has 0 rings (SSSR count). The van der Waals surface area contributed by atoms with Crippen LogP contribution in [-0.4, -0.2) is 22.8 Å². The quantitative estimate of drug-likeness (QED) is 0.440. The van der Waals surface area contributed by atoms with Gasteiger partial charge in [0.1, 0.15) is 0 Å². The lowest BCUT2D eigenvalue weighted by molar-refractivity contribution is 0.282. The van der Waals surface area contributed by atoms with Gasteiger partial charge in [-0.3, -0.25) is 0 Å². The lowest BCUT2D eigenvalue weighted by atomic mass is 10.1.